The molecule has 1 aromatic carbocycles. The number of piperidine rings is 1. The molecule has 1 saturated carbocycles. The summed E-state index contributed by atoms with van der Waals surface area (Å²) in [7, 11) is 0. The van der Waals surface area contributed by atoms with E-state index in [1.165, 1.54) is 12.0 Å². The third kappa shape index (κ3) is 3.67. The quantitative estimate of drug-likeness (QED) is 0.664. The first-order chi connectivity index (χ1) is 12.3. The van der Waals surface area contributed by atoms with Gasteiger partial charge in [-0.25, -0.2) is 4.98 Å². The highest BCUT2D eigenvalue weighted by atomic mass is 15.3. The molecule has 25 heavy (non-hydrogen) atoms. The van der Waals surface area contributed by atoms with Crippen molar-refractivity contribution in [1.29, 1.82) is 0 Å². The SMILES string of the molecule is CCN=C(NC1CC1c1ccccc1)N1CCC(c2ncn[nH]2)CC1. The minimum Gasteiger partial charge on any atom is -0.353 e. The minimum atomic E-state index is 0.486. The molecular weight excluding hydrogens is 312 g/mol. The van der Waals surface area contributed by atoms with Crippen molar-refractivity contribution in [3.05, 3.63) is 48.0 Å². The Balaban J connectivity index is 1.34. The fourth-order valence-corrected chi connectivity index (χ4v) is 3.75. The van der Waals surface area contributed by atoms with Gasteiger partial charge in [0.2, 0.25) is 0 Å². The van der Waals surface area contributed by atoms with Crippen LogP contribution in [0.4, 0.5) is 0 Å². The van der Waals surface area contributed by atoms with Gasteiger partial charge in [-0.05, 0) is 31.7 Å². The van der Waals surface area contributed by atoms with Gasteiger partial charge in [0.1, 0.15) is 12.2 Å². The van der Waals surface area contributed by atoms with Crippen LogP contribution in [-0.4, -0.2) is 51.7 Å². The maximum absolute atomic E-state index is 4.74. The summed E-state index contributed by atoms with van der Waals surface area (Å²) in [5.74, 6) is 3.20. The molecule has 6 heteroatoms. The molecule has 2 unspecified atom stereocenters. The van der Waals surface area contributed by atoms with Gasteiger partial charge in [-0.2, -0.15) is 5.10 Å². The second-order valence-electron chi connectivity index (χ2n) is 6.93. The zero-order valence-electron chi connectivity index (χ0n) is 14.7. The van der Waals surface area contributed by atoms with Crippen LogP contribution >= 0.6 is 0 Å². The van der Waals surface area contributed by atoms with E-state index in [4.69, 9.17) is 4.99 Å². The summed E-state index contributed by atoms with van der Waals surface area (Å²) in [6, 6.07) is 11.3. The van der Waals surface area contributed by atoms with E-state index in [1.807, 2.05) is 0 Å². The lowest BCUT2D eigenvalue weighted by Crippen LogP contribution is -2.46. The zero-order chi connectivity index (χ0) is 17.1. The van der Waals surface area contributed by atoms with Gasteiger partial charge >= 0.3 is 0 Å². The molecule has 2 N–H and O–H groups in total. The zero-order valence-corrected chi connectivity index (χ0v) is 14.7. The predicted octanol–water partition coefficient (Wildman–Crippen LogP) is 2.51. The molecule has 2 aliphatic rings. The van der Waals surface area contributed by atoms with Crippen molar-refractivity contribution in [2.75, 3.05) is 19.6 Å². The fourth-order valence-electron chi connectivity index (χ4n) is 3.75. The number of benzene rings is 1. The lowest BCUT2D eigenvalue weighted by molar-refractivity contribution is 0.298. The van der Waals surface area contributed by atoms with Crippen LogP contribution in [0.3, 0.4) is 0 Å². The summed E-state index contributed by atoms with van der Waals surface area (Å²) >= 11 is 0. The highest BCUT2D eigenvalue weighted by Crippen LogP contribution is 2.40. The first-order valence-corrected chi connectivity index (χ1v) is 9.31. The largest absolute Gasteiger partial charge is 0.353 e. The highest BCUT2D eigenvalue weighted by molar-refractivity contribution is 5.81. The number of aliphatic imine (C=N–C) groups is 1. The molecule has 2 fully saturated rings. The molecular formula is C19H26N6. The van der Waals surface area contributed by atoms with Crippen molar-refractivity contribution in [2.24, 2.45) is 4.99 Å². The third-order valence-corrected chi connectivity index (χ3v) is 5.26. The lowest BCUT2D eigenvalue weighted by Gasteiger charge is -2.33. The molecule has 2 atom stereocenters. The number of hydrogen-bond acceptors (Lipinski definition) is 3. The van der Waals surface area contributed by atoms with Gasteiger partial charge in [0.15, 0.2) is 5.96 Å². The second kappa shape index (κ2) is 7.25. The van der Waals surface area contributed by atoms with Crippen LogP contribution in [0.5, 0.6) is 0 Å². The summed E-state index contributed by atoms with van der Waals surface area (Å²) in [4.78, 5) is 11.5. The highest BCUT2D eigenvalue weighted by Gasteiger charge is 2.39. The molecule has 1 aromatic heterocycles. The van der Waals surface area contributed by atoms with E-state index < -0.39 is 0 Å². The molecule has 1 aliphatic heterocycles. The van der Waals surface area contributed by atoms with Gasteiger partial charge < -0.3 is 10.2 Å². The molecule has 6 nitrogen and oxygen atoms in total. The number of H-pyrrole nitrogens is 1. The van der Waals surface area contributed by atoms with Crippen molar-refractivity contribution in [3.63, 3.8) is 0 Å². The van der Waals surface area contributed by atoms with Gasteiger partial charge in [-0.1, -0.05) is 30.3 Å². The number of nitrogens with zero attached hydrogens (tertiary/aromatic N) is 4. The number of nitrogens with one attached hydrogen (secondary N) is 2. The summed E-state index contributed by atoms with van der Waals surface area (Å²) in [6.07, 6.45) is 4.98. The molecule has 0 radical (unpaired) electrons. The van der Waals surface area contributed by atoms with Crippen molar-refractivity contribution in [3.8, 4) is 0 Å². The number of rotatable bonds is 4. The Labute approximate surface area is 148 Å². The summed E-state index contributed by atoms with van der Waals surface area (Å²) in [6.45, 7) is 4.94. The van der Waals surface area contributed by atoms with Crippen molar-refractivity contribution >= 4 is 5.96 Å². The number of guanidine groups is 1. The molecule has 2 aromatic rings. The average molecular weight is 338 g/mol. The number of likely N-dealkylation sites (tertiary alicyclic amines) is 1. The van der Waals surface area contributed by atoms with Crippen molar-refractivity contribution in [2.45, 2.75) is 44.1 Å². The number of aromatic nitrogens is 3. The van der Waals surface area contributed by atoms with Crippen molar-refractivity contribution < 1.29 is 0 Å². The van der Waals surface area contributed by atoms with Gasteiger partial charge in [0.25, 0.3) is 0 Å². The first-order valence-electron chi connectivity index (χ1n) is 9.31. The van der Waals surface area contributed by atoms with E-state index >= 15 is 0 Å². The average Bonchev–Trinajstić information content (AvgIpc) is 3.21. The molecule has 132 valence electrons. The third-order valence-electron chi connectivity index (χ3n) is 5.26. The molecule has 1 aliphatic carbocycles. The van der Waals surface area contributed by atoms with Crippen LogP contribution < -0.4 is 5.32 Å². The molecule has 0 spiro atoms. The number of hydrogen-bond donors (Lipinski definition) is 2. The Morgan fingerprint density at radius 1 is 1.28 bits per heavy atom. The Kier molecular flexibility index (Phi) is 4.68. The molecule has 2 heterocycles. The monoisotopic (exact) mass is 338 g/mol. The van der Waals surface area contributed by atoms with Crippen LogP contribution in [0.2, 0.25) is 0 Å². The molecule has 0 amide bonds. The van der Waals surface area contributed by atoms with E-state index in [0.29, 0.717) is 17.9 Å². The Morgan fingerprint density at radius 3 is 2.76 bits per heavy atom. The smallest absolute Gasteiger partial charge is 0.194 e. The van der Waals surface area contributed by atoms with E-state index in [2.05, 4.69) is 62.7 Å². The maximum atomic E-state index is 4.74. The van der Waals surface area contributed by atoms with Gasteiger partial charge in [0.05, 0.1) is 0 Å². The van der Waals surface area contributed by atoms with Crippen molar-refractivity contribution in [1.82, 2.24) is 25.4 Å². The van der Waals surface area contributed by atoms with Gasteiger partial charge in [-0.15, -0.1) is 0 Å². The topological polar surface area (TPSA) is 69.2 Å². The van der Waals surface area contributed by atoms with Crippen LogP contribution in [0.15, 0.2) is 41.7 Å². The molecule has 0 bridgehead atoms. The molecule has 4 rings (SSSR count). The van der Waals surface area contributed by atoms with Crippen LogP contribution in [0.25, 0.3) is 0 Å². The Morgan fingerprint density at radius 2 is 2.08 bits per heavy atom. The van der Waals surface area contributed by atoms with E-state index in [0.717, 1.165) is 44.3 Å². The Hall–Kier alpha value is -2.37. The van der Waals surface area contributed by atoms with E-state index in [1.54, 1.807) is 6.33 Å². The van der Waals surface area contributed by atoms with Gasteiger partial charge in [-0.3, -0.25) is 10.1 Å². The number of aromatic amines is 1. The normalized spacial score (nSPS) is 24.4. The fraction of sp³-hybridized carbons (Fsp3) is 0.526. The maximum Gasteiger partial charge on any atom is 0.194 e. The molecule has 1 saturated heterocycles. The lowest BCUT2D eigenvalue weighted by atomic mass is 9.96. The van der Waals surface area contributed by atoms with Crippen LogP contribution in [0.1, 0.15) is 49.4 Å². The summed E-state index contributed by atoms with van der Waals surface area (Å²) in [5.41, 5.74) is 1.43. The Bertz CT molecular complexity index is 688. The standard InChI is InChI=1S/C19H26N6/c1-2-20-19(23-17-12-16(17)14-6-4-3-5-7-14)25-10-8-15(9-11-25)18-21-13-22-24-18/h3-7,13,15-17H,2,8-12H2,1H3,(H,20,23)(H,21,22,24). The van der Waals surface area contributed by atoms with Crippen LogP contribution in [0, 0.1) is 0 Å². The minimum absolute atomic E-state index is 0.486. The van der Waals surface area contributed by atoms with E-state index in [-0.39, 0.29) is 0 Å². The summed E-state index contributed by atoms with van der Waals surface area (Å²) in [5, 5.41) is 10.7. The predicted molar refractivity (Wildman–Crippen MR) is 98.6 cm³/mol. The summed E-state index contributed by atoms with van der Waals surface area (Å²) < 4.78 is 0. The first kappa shape index (κ1) is 16.1. The van der Waals surface area contributed by atoms with Crippen LogP contribution in [-0.2, 0) is 0 Å². The van der Waals surface area contributed by atoms with Gasteiger partial charge in [0, 0.05) is 37.5 Å². The second-order valence-corrected chi connectivity index (χ2v) is 6.93. The van der Waals surface area contributed by atoms with E-state index in [9.17, 15) is 0 Å².